The highest BCUT2D eigenvalue weighted by Crippen LogP contribution is 2.38. The largest absolute Gasteiger partial charge is 0.573 e. The van der Waals surface area contributed by atoms with Crippen LogP contribution in [-0.4, -0.2) is 11.3 Å². The summed E-state index contributed by atoms with van der Waals surface area (Å²) in [6.07, 6.45) is -7.51. The summed E-state index contributed by atoms with van der Waals surface area (Å²) in [5.74, 6) is -0.925. The normalized spacial score (nSPS) is 12.0. The molecule has 1 aromatic heterocycles. The molecule has 0 unspecified atom stereocenters. The molecule has 0 bridgehead atoms. The van der Waals surface area contributed by atoms with E-state index in [1.165, 1.54) is 0 Å². The molecule has 1 heterocycles. The van der Waals surface area contributed by atoms with E-state index < -0.39 is 24.1 Å². The second-order valence-electron chi connectivity index (χ2n) is 2.79. The van der Waals surface area contributed by atoms with Crippen LogP contribution in [0.3, 0.4) is 0 Å². The summed E-state index contributed by atoms with van der Waals surface area (Å²) in [5.41, 5.74) is -1.03. The summed E-state index contributed by atoms with van der Waals surface area (Å²) in [6, 6.07) is 0. The van der Waals surface area contributed by atoms with Crippen LogP contribution in [0.25, 0.3) is 0 Å². The molecule has 0 aliphatic carbocycles. The first-order chi connectivity index (χ1) is 7.76. The Morgan fingerprint density at radius 2 is 1.94 bits per heavy atom. The van der Waals surface area contributed by atoms with Crippen molar-refractivity contribution in [3.63, 3.8) is 0 Å². The highest BCUT2D eigenvalue weighted by Gasteiger charge is 2.35. The van der Waals surface area contributed by atoms with Gasteiger partial charge in [0.15, 0.2) is 0 Å². The highest BCUT2D eigenvalue weighted by molar-refractivity contribution is 9.10. The third-order valence-electron chi connectivity index (χ3n) is 1.69. The van der Waals surface area contributed by atoms with Gasteiger partial charge in [-0.15, -0.1) is 13.2 Å². The Balaban J connectivity index is 3.34. The van der Waals surface area contributed by atoms with Crippen LogP contribution in [-0.2, 0) is 5.33 Å². The van der Waals surface area contributed by atoms with Crippen molar-refractivity contribution in [3.05, 3.63) is 21.9 Å². The molecule has 1 rings (SSSR count). The maximum Gasteiger partial charge on any atom is 0.573 e. The van der Waals surface area contributed by atoms with Gasteiger partial charge in [-0.05, 0) is 15.9 Å². The van der Waals surface area contributed by atoms with E-state index in [1.54, 1.807) is 0 Å². The lowest BCUT2D eigenvalue weighted by Gasteiger charge is -2.16. The number of rotatable bonds is 3. The molecule has 17 heavy (non-hydrogen) atoms. The molecule has 0 aliphatic rings. The molecule has 2 nitrogen and oxygen atoms in total. The zero-order valence-electron chi connectivity index (χ0n) is 7.86. The summed E-state index contributed by atoms with van der Waals surface area (Å²) in [7, 11) is 0. The maximum atomic E-state index is 12.5. The first-order valence-corrected chi connectivity index (χ1v) is 5.95. The van der Waals surface area contributed by atoms with Crippen LogP contribution >= 0.6 is 31.9 Å². The average Bonchev–Trinajstić information content (AvgIpc) is 2.15. The van der Waals surface area contributed by atoms with Gasteiger partial charge in [0.2, 0.25) is 0 Å². The zero-order valence-corrected chi connectivity index (χ0v) is 11.0. The molecule has 0 N–H and O–H groups in total. The molecule has 0 atom stereocenters. The van der Waals surface area contributed by atoms with Crippen molar-refractivity contribution in [2.24, 2.45) is 0 Å². The second kappa shape index (κ2) is 5.47. The van der Waals surface area contributed by atoms with Gasteiger partial charge >= 0.3 is 6.36 Å². The fraction of sp³-hybridized carbons (Fsp3) is 0.375. The van der Waals surface area contributed by atoms with Crippen LogP contribution in [0.4, 0.5) is 22.0 Å². The van der Waals surface area contributed by atoms with E-state index in [9.17, 15) is 22.0 Å². The molecule has 1 aromatic rings. The minimum atomic E-state index is -5.04. The zero-order chi connectivity index (χ0) is 13.2. The first kappa shape index (κ1) is 14.6. The Hall–Kier alpha value is -0.440. The van der Waals surface area contributed by atoms with E-state index >= 15 is 0 Å². The topological polar surface area (TPSA) is 22.1 Å². The minimum absolute atomic E-state index is 0.0121. The van der Waals surface area contributed by atoms with Gasteiger partial charge in [-0.1, -0.05) is 15.9 Å². The predicted octanol–water partition coefficient (Wildman–Crippen LogP) is 4.58. The van der Waals surface area contributed by atoms with Gasteiger partial charge in [0.25, 0.3) is 6.43 Å². The van der Waals surface area contributed by atoms with E-state index in [0.29, 0.717) is 6.20 Å². The van der Waals surface area contributed by atoms with Crippen molar-refractivity contribution in [1.82, 2.24) is 4.98 Å². The Kier molecular flexibility index (Phi) is 4.70. The van der Waals surface area contributed by atoms with E-state index in [1.807, 2.05) is 0 Å². The Bertz CT molecular complexity index is 410. The third kappa shape index (κ3) is 3.77. The molecular weight excluding hydrogens is 381 g/mol. The third-order valence-corrected chi connectivity index (χ3v) is 2.93. The van der Waals surface area contributed by atoms with Crippen molar-refractivity contribution in [3.8, 4) is 5.75 Å². The van der Waals surface area contributed by atoms with Gasteiger partial charge in [0, 0.05) is 17.1 Å². The van der Waals surface area contributed by atoms with E-state index in [-0.39, 0.29) is 15.5 Å². The standard InChI is InChI=1S/C8H4Br2F5NO/c9-1-3-5(17-8(13,14)15)4(7(11)12)2-16-6(3)10/h2,7H,1H2. The number of nitrogens with zero attached hydrogens (tertiary/aromatic N) is 1. The van der Waals surface area contributed by atoms with Gasteiger partial charge in [0.05, 0.1) is 5.56 Å². The predicted molar refractivity (Wildman–Crippen MR) is 56.2 cm³/mol. The number of aromatic nitrogens is 1. The van der Waals surface area contributed by atoms with Crippen LogP contribution < -0.4 is 4.74 Å². The second-order valence-corrected chi connectivity index (χ2v) is 4.11. The lowest BCUT2D eigenvalue weighted by molar-refractivity contribution is -0.275. The molecule has 0 radical (unpaired) electrons. The van der Waals surface area contributed by atoms with E-state index in [0.717, 1.165) is 0 Å². The number of halogens is 7. The van der Waals surface area contributed by atoms with E-state index in [4.69, 9.17) is 0 Å². The maximum absolute atomic E-state index is 12.5. The number of alkyl halides is 6. The quantitative estimate of drug-likeness (QED) is 0.432. The number of hydrogen-bond acceptors (Lipinski definition) is 2. The molecule has 0 amide bonds. The Labute approximate surface area is 109 Å². The molecule has 0 saturated carbocycles. The number of ether oxygens (including phenoxy) is 1. The van der Waals surface area contributed by atoms with E-state index in [2.05, 4.69) is 41.6 Å². The SMILES string of the molecule is FC(F)c1cnc(Br)c(CBr)c1OC(F)(F)F. The first-order valence-electron chi connectivity index (χ1n) is 4.03. The van der Waals surface area contributed by atoms with Crippen LogP contribution in [0.2, 0.25) is 0 Å². The monoisotopic (exact) mass is 383 g/mol. The summed E-state index contributed by atoms with van der Waals surface area (Å²) in [6.45, 7) is 0. The molecule has 0 saturated heterocycles. The molecule has 0 aromatic carbocycles. The van der Waals surface area contributed by atoms with Crippen LogP contribution in [0.1, 0.15) is 17.6 Å². The number of hydrogen-bond donors (Lipinski definition) is 0. The minimum Gasteiger partial charge on any atom is -0.405 e. The average molecular weight is 385 g/mol. The van der Waals surface area contributed by atoms with Gasteiger partial charge in [-0.2, -0.15) is 0 Å². The molecule has 0 aliphatic heterocycles. The Morgan fingerprint density at radius 3 is 2.35 bits per heavy atom. The van der Waals surface area contributed by atoms with Crippen molar-refractivity contribution in [2.75, 3.05) is 0 Å². The summed E-state index contributed by atoms with van der Waals surface area (Å²) in [5, 5.41) is -0.105. The lowest BCUT2D eigenvalue weighted by atomic mass is 10.2. The van der Waals surface area contributed by atoms with Crippen LogP contribution in [0.15, 0.2) is 10.8 Å². The highest BCUT2D eigenvalue weighted by atomic mass is 79.9. The molecule has 0 fully saturated rings. The molecule has 96 valence electrons. The summed E-state index contributed by atoms with van der Waals surface area (Å²) >= 11 is 5.75. The van der Waals surface area contributed by atoms with Crippen LogP contribution in [0, 0.1) is 0 Å². The fourth-order valence-electron chi connectivity index (χ4n) is 1.04. The van der Waals surface area contributed by atoms with Crippen molar-refractivity contribution in [2.45, 2.75) is 18.1 Å². The molecule has 9 heteroatoms. The number of pyridine rings is 1. The van der Waals surface area contributed by atoms with Crippen LogP contribution in [0.5, 0.6) is 5.75 Å². The Morgan fingerprint density at radius 1 is 1.35 bits per heavy atom. The van der Waals surface area contributed by atoms with Crippen molar-refractivity contribution < 1.29 is 26.7 Å². The summed E-state index contributed by atoms with van der Waals surface area (Å²) in [4.78, 5) is 3.52. The van der Waals surface area contributed by atoms with Gasteiger partial charge < -0.3 is 4.74 Å². The smallest absolute Gasteiger partial charge is 0.405 e. The van der Waals surface area contributed by atoms with Gasteiger partial charge in [-0.25, -0.2) is 13.8 Å². The summed E-state index contributed by atoms with van der Waals surface area (Å²) < 4.78 is 65.0. The van der Waals surface area contributed by atoms with Gasteiger partial charge in [0.1, 0.15) is 10.4 Å². The van der Waals surface area contributed by atoms with Crippen molar-refractivity contribution >= 4 is 31.9 Å². The van der Waals surface area contributed by atoms with Gasteiger partial charge in [-0.3, -0.25) is 0 Å². The molecular formula is C8H4Br2F5NO. The van der Waals surface area contributed by atoms with Crippen molar-refractivity contribution in [1.29, 1.82) is 0 Å². The molecule has 0 spiro atoms. The lowest BCUT2D eigenvalue weighted by Crippen LogP contribution is -2.19. The fourth-order valence-corrected chi connectivity index (χ4v) is 2.36.